The molecule has 32 heavy (non-hydrogen) atoms. The topological polar surface area (TPSA) is 104 Å². The standard InChI is InChI=1S/C21H16Cl2FN3O4S/c1-12-10-16(7-9-19(12)24)32(30,31)27-15-5-2-13(3-6-15)20(28)25-26-21(29)17-11-14(22)4-8-18(17)23/h2-11,27H,1H3,(H,25,28)(H,26,29). The molecule has 0 atom stereocenters. The number of benzene rings is 3. The number of carbonyl (C=O) groups is 2. The molecule has 0 aliphatic heterocycles. The lowest BCUT2D eigenvalue weighted by atomic mass is 10.2. The molecule has 0 aliphatic rings. The zero-order chi connectivity index (χ0) is 23.5. The Balaban J connectivity index is 1.64. The Labute approximate surface area is 193 Å². The van der Waals surface area contributed by atoms with Crippen molar-refractivity contribution in [2.24, 2.45) is 0 Å². The molecule has 0 aliphatic carbocycles. The van der Waals surface area contributed by atoms with Gasteiger partial charge in [-0.05, 0) is 73.2 Å². The van der Waals surface area contributed by atoms with Crippen LogP contribution >= 0.6 is 23.2 Å². The molecule has 0 heterocycles. The second-order valence-electron chi connectivity index (χ2n) is 6.63. The number of halogens is 3. The summed E-state index contributed by atoms with van der Waals surface area (Å²) in [5, 5.41) is 0.467. The van der Waals surface area contributed by atoms with Crippen LogP contribution in [0.2, 0.25) is 10.0 Å². The van der Waals surface area contributed by atoms with Gasteiger partial charge in [-0.2, -0.15) is 0 Å². The van der Waals surface area contributed by atoms with Gasteiger partial charge < -0.3 is 0 Å². The Morgan fingerprint density at radius 2 is 1.53 bits per heavy atom. The number of sulfonamides is 1. The van der Waals surface area contributed by atoms with Gasteiger partial charge in [-0.15, -0.1) is 0 Å². The van der Waals surface area contributed by atoms with Gasteiger partial charge in [-0.1, -0.05) is 23.2 Å². The van der Waals surface area contributed by atoms with Crippen LogP contribution < -0.4 is 15.6 Å². The third-order valence-electron chi connectivity index (χ3n) is 4.30. The van der Waals surface area contributed by atoms with Gasteiger partial charge in [-0.25, -0.2) is 12.8 Å². The largest absolute Gasteiger partial charge is 0.280 e. The molecular weight excluding hydrogens is 480 g/mol. The fourth-order valence-electron chi connectivity index (χ4n) is 2.61. The molecule has 166 valence electrons. The number of nitrogens with one attached hydrogen (secondary N) is 3. The molecule has 3 aromatic rings. The summed E-state index contributed by atoms with van der Waals surface area (Å²) in [5.41, 5.74) is 5.09. The van der Waals surface area contributed by atoms with Crippen molar-refractivity contribution in [2.45, 2.75) is 11.8 Å². The first-order chi connectivity index (χ1) is 15.1. The minimum absolute atomic E-state index is 0.0836. The summed E-state index contributed by atoms with van der Waals surface area (Å²) in [7, 11) is -3.94. The van der Waals surface area contributed by atoms with Crippen molar-refractivity contribution in [3.05, 3.63) is 93.2 Å². The highest BCUT2D eigenvalue weighted by atomic mass is 35.5. The first-order valence-corrected chi connectivity index (χ1v) is 11.3. The SMILES string of the molecule is Cc1cc(S(=O)(=O)Nc2ccc(C(=O)NNC(=O)c3cc(Cl)ccc3Cl)cc2)ccc1F. The quantitative estimate of drug-likeness (QED) is 0.458. The fraction of sp³-hybridized carbons (Fsp3) is 0.0476. The maximum atomic E-state index is 13.4. The van der Waals surface area contributed by atoms with E-state index in [-0.39, 0.29) is 32.3 Å². The number of anilines is 1. The van der Waals surface area contributed by atoms with Gasteiger partial charge in [0.15, 0.2) is 0 Å². The van der Waals surface area contributed by atoms with E-state index in [1.807, 2.05) is 0 Å². The second kappa shape index (κ2) is 9.56. The van der Waals surface area contributed by atoms with Crippen LogP contribution in [0.5, 0.6) is 0 Å². The van der Waals surface area contributed by atoms with Crippen molar-refractivity contribution in [3.8, 4) is 0 Å². The molecule has 3 N–H and O–H groups in total. The highest BCUT2D eigenvalue weighted by molar-refractivity contribution is 7.92. The van der Waals surface area contributed by atoms with Gasteiger partial charge in [-0.3, -0.25) is 25.2 Å². The summed E-state index contributed by atoms with van der Waals surface area (Å²) in [6.07, 6.45) is 0. The normalized spacial score (nSPS) is 11.0. The van der Waals surface area contributed by atoms with E-state index in [9.17, 15) is 22.4 Å². The Morgan fingerprint density at radius 3 is 2.19 bits per heavy atom. The number of hydrogen-bond donors (Lipinski definition) is 3. The summed E-state index contributed by atoms with van der Waals surface area (Å²) >= 11 is 11.8. The van der Waals surface area contributed by atoms with E-state index < -0.39 is 27.7 Å². The number of rotatable bonds is 5. The average molecular weight is 496 g/mol. The van der Waals surface area contributed by atoms with Crippen molar-refractivity contribution < 1.29 is 22.4 Å². The van der Waals surface area contributed by atoms with E-state index in [4.69, 9.17) is 23.2 Å². The van der Waals surface area contributed by atoms with Crippen LogP contribution in [-0.4, -0.2) is 20.2 Å². The van der Waals surface area contributed by atoms with E-state index in [1.165, 1.54) is 55.5 Å². The maximum absolute atomic E-state index is 13.4. The smallest absolute Gasteiger partial charge is 0.271 e. The average Bonchev–Trinajstić information content (AvgIpc) is 2.75. The van der Waals surface area contributed by atoms with Crippen molar-refractivity contribution in [2.75, 3.05) is 4.72 Å². The molecule has 7 nitrogen and oxygen atoms in total. The molecule has 2 amide bonds. The molecule has 3 rings (SSSR count). The van der Waals surface area contributed by atoms with Crippen LogP contribution in [0.1, 0.15) is 26.3 Å². The Hall–Kier alpha value is -3.14. The van der Waals surface area contributed by atoms with E-state index >= 15 is 0 Å². The summed E-state index contributed by atoms with van der Waals surface area (Å²) in [5.74, 6) is -1.81. The zero-order valence-electron chi connectivity index (χ0n) is 16.4. The van der Waals surface area contributed by atoms with Crippen molar-refractivity contribution in [3.63, 3.8) is 0 Å². The summed E-state index contributed by atoms with van der Waals surface area (Å²) in [6.45, 7) is 1.46. The molecule has 0 fully saturated rings. The lowest BCUT2D eigenvalue weighted by molar-refractivity contribution is 0.0847. The third kappa shape index (κ3) is 5.56. The molecule has 3 aromatic carbocycles. The molecule has 0 bridgehead atoms. The Kier molecular flexibility index (Phi) is 7.02. The predicted molar refractivity (Wildman–Crippen MR) is 120 cm³/mol. The first-order valence-electron chi connectivity index (χ1n) is 9.01. The van der Waals surface area contributed by atoms with Gasteiger partial charge in [0.2, 0.25) is 0 Å². The monoisotopic (exact) mass is 495 g/mol. The second-order valence-corrected chi connectivity index (χ2v) is 9.15. The molecule has 0 saturated carbocycles. The summed E-state index contributed by atoms with van der Waals surface area (Å²) < 4.78 is 40.7. The van der Waals surface area contributed by atoms with E-state index in [0.717, 1.165) is 12.1 Å². The van der Waals surface area contributed by atoms with Crippen LogP contribution in [0.15, 0.2) is 65.6 Å². The van der Waals surface area contributed by atoms with Gasteiger partial charge in [0, 0.05) is 16.3 Å². The lowest BCUT2D eigenvalue weighted by Gasteiger charge is -2.11. The first kappa shape index (κ1) is 23.5. The molecule has 0 radical (unpaired) electrons. The predicted octanol–water partition coefficient (Wildman–Crippen LogP) is 4.32. The molecule has 0 saturated heterocycles. The van der Waals surface area contributed by atoms with E-state index in [1.54, 1.807) is 0 Å². The van der Waals surface area contributed by atoms with E-state index in [2.05, 4.69) is 15.6 Å². The minimum Gasteiger partial charge on any atom is -0.280 e. The molecule has 0 aromatic heterocycles. The third-order valence-corrected chi connectivity index (χ3v) is 6.25. The Bertz CT molecular complexity index is 1300. The van der Waals surface area contributed by atoms with Crippen LogP contribution in [0.25, 0.3) is 0 Å². The van der Waals surface area contributed by atoms with Gasteiger partial charge in [0.05, 0.1) is 15.5 Å². The van der Waals surface area contributed by atoms with Crippen LogP contribution in [-0.2, 0) is 10.0 Å². The molecule has 0 unspecified atom stereocenters. The van der Waals surface area contributed by atoms with Crippen LogP contribution in [0.3, 0.4) is 0 Å². The van der Waals surface area contributed by atoms with Crippen molar-refractivity contribution in [1.82, 2.24) is 10.9 Å². The molecule has 11 heteroatoms. The highest BCUT2D eigenvalue weighted by Crippen LogP contribution is 2.21. The summed E-state index contributed by atoms with van der Waals surface area (Å²) in [6, 6.07) is 13.2. The van der Waals surface area contributed by atoms with Gasteiger partial charge in [0.1, 0.15) is 5.82 Å². The molecular formula is C21H16Cl2FN3O4S. The minimum atomic E-state index is -3.94. The number of hydrazine groups is 1. The van der Waals surface area contributed by atoms with E-state index in [0.29, 0.717) is 5.02 Å². The fourth-order valence-corrected chi connectivity index (χ4v) is 4.13. The van der Waals surface area contributed by atoms with Crippen molar-refractivity contribution in [1.29, 1.82) is 0 Å². The lowest BCUT2D eigenvalue weighted by Crippen LogP contribution is -2.41. The highest BCUT2D eigenvalue weighted by Gasteiger charge is 2.16. The number of aryl methyl sites for hydroxylation is 1. The molecule has 0 spiro atoms. The van der Waals surface area contributed by atoms with Gasteiger partial charge in [0.25, 0.3) is 21.8 Å². The Morgan fingerprint density at radius 1 is 0.875 bits per heavy atom. The number of amides is 2. The van der Waals surface area contributed by atoms with Crippen molar-refractivity contribution >= 4 is 50.7 Å². The summed E-state index contributed by atoms with van der Waals surface area (Å²) in [4.78, 5) is 24.3. The number of hydrogen-bond acceptors (Lipinski definition) is 4. The maximum Gasteiger partial charge on any atom is 0.271 e. The number of carbonyl (C=O) groups excluding carboxylic acids is 2. The van der Waals surface area contributed by atoms with Crippen LogP contribution in [0.4, 0.5) is 10.1 Å². The zero-order valence-corrected chi connectivity index (χ0v) is 18.8. The van der Waals surface area contributed by atoms with Gasteiger partial charge >= 0.3 is 0 Å². The van der Waals surface area contributed by atoms with Crippen LogP contribution in [0, 0.1) is 12.7 Å².